The molecular weight excluding hydrogens is 432 g/mol. The first-order valence-electron chi connectivity index (χ1n) is 10.6. The fourth-order valence-corrected chi connectivity index (χ4v) is 4.08. The van der Waals surface area contributed by atoms with Gasteiger partial charge in [0, 0.05) is 35.4 Å². The summed E-state index contributed by atoms with van der Waals surface area (Å²) in [5.41, 5.74) is 11.4. The van der Waals surface area contributed by atoms with Gasteiger partial charge in [0.15, 0.2) is 11.4 Å². The van der Waals surface area contributed by atoms with Crippen molar-refractivity contribution in [1.29, 1.82) is 0 Å². The molecule has 0 saturated heterocycles. The lowest BCUT2D eigenvalue weighted by Crippen LogP contribution is -2.12. The lowest BCUT2D eigenvalue weighted by molar-refractivity contribution is 0.0696. The Balaban J connectivity index is 1.66. The van der Waals surface area contributed by atoms with Crippen molar-refractivity contribution in [2.45, 2.75) is 19.8 Å². The molecule has 34 heavy (non-hydrogen) atoms. The highest BCUT2D eigenvalue weighted by Crippen LogP contribution is 2.33. The first-order chi connectivity index (χ1) is 16.4. The highest BCUT2D eigenvalue weighted by atomic mass is 16.4. The van der Waals surface area contributed by atoms with Gasteiger partial charge in [0.05, 0.1) is 23.0 Å². The molecular formula is C25H20N6O3. The summed E-state index contributed by atoms with van der Waals surface area (Å²) in [6.45, 7) is 1.38. The van der Waals surface area contributed by atoms with Crippen LogP contribution in [0.3, 0.4) is 0 Å². The average Bonchev–Trinajstić information content (AvgIpc) is 3.29. The number of anilines is 1. The maximum Gasteiger partial charge on any atom is 0.337 e. The number of hydrogen-bond donors (Lipinski definition) is 2. The minimum absolute atomic E-state index is 0.0151. The smallest absolute Gasteiger partial charge is 0.337 e. The van der Waals surface area contributed by atoms with E-state index < -0.39 is 5.97 Å². The molecule has 9 heteroatoms. The number of benzene rings is 1. The molecule has 4 aromatic rings. The monoisotopic (exact) mass is 452 g/mol. The second-order valence-electron chi connectivity index (χ2n) is 7.93. The van der Waals surface area contributed by atoms with Crippen molar-refractivity contribution >= 4 is 34.5 Å². The van der Waals surface area contributed by atoms with E-state index in [1.165, 1.54) is 29.9 Å². The first-order valence-corrected chi connectivity index (χ1v) is 10.6. The summed E-state index contributed by atoms with van der Waals surface area (Å²) in [6.07, 6.45) is 7.66. The number of nitrogen functional groups attached to an aromatic ring is 1. The lowest BCUT2D eigenvalue weighted by atomic mass is 9.97. The van der Waals surface area contributed by atoms with E-state index in [-0.39, 0.29) is 28.4 Å². The van der Waals surface area contributed by atoms with Gasteiger partial charge in [-0.1, -0.05) is 30.3 Å². The number of carboxylic acids is 1. The summed E-state index contributed by atoms with van der Waals surface area (Å²) in [6, 6.07) is 11.4. The van der Waals surface area contributed by atoms with E-state index in [0.29, 0.717) is 11.2 Å². The van der Waals surface area contributed by atoms with Crippen molar-refractivity contribution in [3.8, 4) is 11.3 Å². The maximum atomic E-state index is 12.5. The van der Waals surface area contributed by atoms with Crippen LogP contribution in [0.15, 0.2) is 66.2 Å². The molecule has 0 saturated carbocycles. The number of fused-ring (bicyclic) bond motifs is 1. The summed E-state index contributed by atoms with van der Waals surface area (Å²) >= 11 is 0. The molecule has 1 aliphatic heterocycles. The molecule has 0 fully saturated rings. The predicted molar refractivity (Wildman–Crippen MR) is 128 cm³/mol. The van der Waals surface area contributed by atoms with Crippen molar-refractivity contribution in [2.75, 3.05) is 5.73 Å². The number of aliphatic imine (C=N–C) groups is 1. The normalized spacial score (nSPS) is 13.4. The Bertz CT molecular complexity index is 1520. The van der Waals surface area contributed by atoms with E-state index in [4.69, 9.17) is 10.7 Å². The molecule has 0 atom stereocenters. The molecule has 3 N–H and O–H groups in total. The van der Waals surface area contributed by atoms with E-state index in [2.05, 4.69) is 15.1 Å². The van der Waals surface area contributed by atoms with Crippen molar-refractivity contribution < 1.29 is 14.7 Å². The highest BCUT2D eigenvalue weighted by molar-refractivity contribution is 6.05. The lowest BCUT2D eigenvalue weighted by Gasteiger charge is -2.15. The van der Waals surface area contributed by atoms with Crippen molar-refractivity contribution in [1.82, 2.24) is 19.6 Å². The molecule has 1 aromatic carbocycles. The van der Waals surface area contributed by atoms with Crippen LogP contribution >= 0.6 is 0 Å². The van der Waals surface area contributed by atoms with Gasteiger partial charge in [0.2, 0.25) is 0 Å². The number of rotatable bonds is 5. The van der Waals surface area contributed by atoms with Crippen LogP contribution in [0.4, 0.5) is 5.82 Å². The highest BCUT2D eigenvalue weighted by Gasteiger charge is 2.23. The number of carbonyl (C=O) groups excluding carboxylic acids is 1. The van der Waals surface area contributed by atoms with Crippen molar-refractivity contribution in [2.24, 2.45) is 4.99 Å². The van der Waals surface area contributed by atoms with Crippen molar-refractivity contribution in [3.63, 3.8) is 0 Å². The van der Waals surface area contributed by atoms with Gasteiger partial charge in [-0.3, -0.25) is 14.8 Å². The maximum absolute atomic E-state index is 12.5. The molecule has 0 radical (unpaired) electrons. The third kappa shape index (κ3) is 3.62. The van der Waals surface area contributed by atoms with E-state index in [0.717, 1.165) is 35.3 Å². The molecule has 0 amide bonds. The van der Waals surface area contributed by atoms with Gasteiger partial charge in [0.1, 0.15) is 5.82 Å². The van der Waals surface area contributed by atoms with Crippen LogP contribution < -0.4 is 5.73 Å². The number of aromatic nitrogens is 4. The SMILES string of the molecule is CC(=O)c1c(-c2cncc(C(=O)O)c2)nc2c(C3=CN=C(c4ccccc4)CC3)cnn2c1N. The summed E-state index contributed by atoms with van der Waals surface area (Å²) in [4.78, 5) is 37.3. The minimum Gasteiger partial charge on any atom is -0.478 e. The number of Topliss-reactive ketones (excluding diaryl/α,β-unsaturated/α-hetero) is 1. The molecule has 0 bridgehead atoms. The number of ketones is 1. The van der Waals surface area contributed by atoms with Crippen LogP contribution in [0.1, 0.15) is 51.6 Å². The van der Waals surface area contributed by atoms with Crippen LogP contribution in [-0.2, 0) is 0 Å². The van der Waals surface area contributed by atoms with E-state index in [1.54, 1.807) is 6.20 Å². The Hall–Kier alpha value is -4.66. The second-order valence-corrected chi connectivity index (χ2v) is 7.93. The summed E-state index contributed by atoms with van der Waals surface area (Å²) < 4.78 is 1.43. The number of allylic oxidation sites excluding steroid dienone is 1. The fraction of sp³-hybridized carbons (Fsp3) is 0.120. The van der Waals surface area contributed by atoms with Crippen LogP contribution in [0.2, 0.25) is 0 Å². The van der Waals surface area contributed by atoms with Crippen LogP contribution in [0.5, 0.6) is 0 Å². The summed E-state index contributed by atoms with van der Waals surface area (Å²) in [5, 5.41) is 13.7. The number of aromatic carboxylic acids is 1. The zero-order valence-electron chi connectivity index (χ0n) is 18.3. The topological polar surface area (TPSA) is 136 Å². The molecule has 0 unspecified atom stereocenters. The second kappa shape index (κ2) is 8.36. The van der Waals surface area contributed by atoms with Crippen LogP contribution in [-0.4, -0.2) is 42.2 Å². The van der Waals surface area contributed by atoms with Crippen LogP contribution in [0.25, 0.3) is 22.5 Å². The number of hydrogen-bond acceptors (Lipinski definition) is 7. The first kappa shape index (κ1) is 21.2. The Kier molecular flexibility index (Phi) is 5.21. The zero-order valence-corrected chi connectivity index (χ0v) is 18.3. The number of carbonyl (C=O) groups is 2. The zero-order chi connectivity index (χ0) is 23.8. The fourth-order valence-electron chi connectivity index (χ4n) is 4.08. The van der Waals surface area contributed by atoms with Crippen molar-refractivity contribution in [3.05, 3.63) is 83.4 Å². The van der Waals surface area contributed by atoms with Gasteiger partial charge >= 0.3 is 5.97 Å². The van der Waals surface area contributed by atoms with Gasteiger partial charge in [-0.25, -0.2) is 9.78 Å². The standard InChI is InChI=1S/C25H20N6O3/c1-14(32)21-22(17-9-18(25(33)34)11-27-10-17)30-24-19(13-29-31(24)23(21)26)16-7-8-20(28-12-16)15-5-3-2-4-6-15/h2-6,9-13H,7-8,26H2,1H3,(H,33,34). The Labute approximate surface area is 194 Å². The largest absolute Gasteiger partial charge is 0.478 e. The van der Waals surface area contributed by atoms with E-state index in [9.17, 15) is 14.7 Å². The van der Waals surface area contributed by atoms with Gasteiger partial charge < -0.3 is 10.8 Å². The predicted octanol–water partition coefficient (Wildman–Crippen LogP) is 3.90. The molecule has 4 heterocycles. The number of nitrogens with zero attached hydrogens (tertiary/aromatic N) is 5. The van der Waals surface area contributed by atoms with Gasteiger partial charge in [0.25, 0.3) is 0 Å². The quantitative estimate of drug-likeness (QED) is 0.438. The molecule has 1 aliphatic rings. The van der Waals surface area contributed by atoms with Gasteiger partial charge in [-0.15, -0.1) is 0 Å². The molecule has 5 rings (SSSR count). The third-order valence-electron chi connectivity index (χ3n) is 5.75. The summed E-state index contributed by atoms with van der Waals surface area (Å²) in [7, 11) is 0. The minimum atomic E-state index is -1.13. The van der Waals surface area contributed by atoms with E-state index in [1.807, 2.05) is 36.5 Å². The number of carboxylic acid groups (broad SMARTS) is 1. The molecule has 0 aliphatic carbocycles. The van der Waals surface area contributed by atoms with Crippen LogP contribution in [0, 0.1) is 0 Å². The van der Waals surface area contributed by atoms with E-state index >= 15 is 0 Å². The Morgan fingerprint density at radius 3 is 2.53 bits per heavy atom. The molecule has 3 aromatic heterocycles. The molecule has 9 nitrogen and oxygen atoms in total. The van der Waals surface area contributed by atoms with Gasteiger partial charge in [-0.2, -0.15) is 9.61 Å². The Morgan fingerprint density at radius 1 is 1.06 bits per heavy atom. The summed E-state index contributed by atoms with van der Waals surface area (Å²) in [5.74, 6) is -1.31. The number of nitrogens with two attached hydrogens (primary N) is 1. The Morgan fingerprint density at radius 2 is 1.85 bits per heavy atom. The molecule has 0 spiro atoms. The average molecular weight is 452 g/mol. The van der Waals surface area contributed by atoms with Gasteiger partial charge in [-0.05, 0) is 37.0 Å². The third-order valence-corrected chi connectivity index (χ3v) is 5.75. The molecule has 168 valence electrons. The number of pyridine rings is 1.